The molecular weight excluding hydrogens is 438 g/mol. The zero-order chi connectivity index (χ0) is 22.5. The monoisotopic (exact) mass is 460 g/mol. The van der Waals surface area contributed by atoms with Gasteiger partial charge in [0, 0.05) is 27.9 Å². The van der Waals surface area contributed by atoms with Crippen molar-refractivity contribution in [3.63, 3.8) is 0 Å². The van der Waals surface area contributed by atoms with Gasteiger partial charge in [0.15, 0.2) is 5.78 Å². The average Bonchev–Trinajstić information content (AvgIpc) is 2.73. The lowest BCUT2D eigenvalue weighted by Gasteiger charge is -2.19. The molecule has 0 fully saturated rings. The number of halogens is 3. The first-order valence-electron chi connectivity index (χ1n) is 9.95. The Morgan fingerprint density at radius 3 is 2.29 bits per heavy atom. The van der Waals surface area contributed by atoms with Crippen LogP contribution in [0, 0.1) is 5.82 Å². The van der Waals surface area contributed by atoms with E-state index in [-0.39, 0.29) is 29.9 Å². The van der Waals surface area contributed by atoms with Crippen molar-refractivity contribution >= 4 is 29.0 Å². The highest BCUT2D eigenvalue weighted by Gasteiger charge is 2.18. The second-order valence-electron chi connectivity index (χ2n) is 7.44. The molecule has 6 heteroatoms. The van der Waals surface area contributed by atoms with Gasteiger partial charge in [-0.1, -0.05) is 54.4 Å². The Balaban J connectivity index is 1.89. The molecule has 0 radical (unpaired) electrons. The van der Waals surface area contributed by atoms with Gasteiger partial charge in [-0.05, 0) is 60.4 Å². The minimum atomic E-state index is -0.295. The SMILES string of the molecule is CCC(c1ccc(F)cc1)c1cc(Cc2c(Cl)cc(OCC(C)=O)cc2Cl)ccc1O. The van der Waals surface area contributed by atoms with Crippen molar-refractivity contribution in [2.45, 2.75) is 32.6 Å². The molecule has 0 aliphatic heterocycles. The summed E-state index contributed by atoms with van der Waals surface area (Å²) in [5.41, 5.74) is 3.35. The Labute approximate surface area is 191 Å². The average molecular weight is 461 g/mol. The van der Waals surface area contributed by atoms with Crippen LogP contribution in [0.2, 0.25) is 10.0 Å². The first kappa shape index (κ1) is 23.1. The molecule has 0 amide bonds. The van der Waals surface area contributed by atoms with E-state index in [0.29, 0.717) is 22.2 Å². The van der Waals surface area contributed by atoms with Gasteiger partial charge in [0.25, 0.3) is 0 Å². The third kappa shape index (κ3) is 5.78. The fourth-order valence-corrected chi connectivity index (χ4v) is 4.15. The molecule has 3 rings (SSSR count). The van der Waals surface area contributed by atoms with Crippen LogP contribution in [0.5, 0.6) is 11.5 Å². The van der Waals surface area contributed by atoms with Crippen LogP contribution in [0.1, 0.15) is 48.4 Å². The summed E-state index contributed by atoms with van der Waals surface area (Å²) in [6.07, 6.45) is 1.20. The van der Waals surface area contributed by atoms with Crippen molar-refractivity contribution in [1.29, 1.82) is 0 Å². The molecule has 3 nitrogen and oxygen atoms in total. The van der Waals surface area contributed by atoms with Gasteiger partial charge < -0.3 is 9.84 Å². The molecule has 1 N–H and O–H groups in total. The van der Waals surface area contributed by atoms with Crippen LogP contribution in [0.25, 0.3) is 0 Å². The van der Waals surface area contributed by atoms with Crippen molar-refractivity contribution in [2.24, 2.45) is 0 Å². The van der Waals surface area contributed by atoms with Crippen LogP contribution in [0.3, 0.4) is 0 Å². The molecule has 1 unspecified atom stereocenters. The molecule has 0 heterocycles. The quantitative estimate of drug-likeness (QED) is 0.395. The number of benzene rings is 3. The lowest BCUT2D eigenvalue weighted by molar-refractivity contribution is -0.118. The summed E-state index contributed by atoms with van der Waals surface area (Å²) in [4.78, 5) is 11.1. The van der Waals surface area contributed by atoms with E-state index in [1.165, 1.54) is 19.1 Å². The van der Waals surface area contributed by atoms with Gasteiger partial charge in [-0.3, -0.25) is 4.79 Å². The van der Waals surface area contributed by atoms with E-state index < -0.39 is 0 Å². The van der Waals surface area contributed by atoms with Gasteiger partial charge in [0.05, 0.1) is 0 Å². The summed E-state index contributed by atoms with van der Waals surface area (Å²) in [6, 6.07) is 15.0. The highest BCUT2D eigenvalue weighted by molar-refractivity contribution is 6.36. The van der Waals surface area contributed by atoms with Gasteiger partial charge >= 0.3 is 0 Å². The fraction of sp³-hybridized carbons (Fsp3) is 0.240. The van der Waals surface area contributed by atoms with Gasteiger partial charge in [-0.25, -0.2) is 4.39 Å². The fourth-order valence-electron chi connectivity index (χ4n) is 3.54. The van der Waals surface area contributed by atoms with Crippen molar-refractivity contribution < 1.29 is 19.0 Å². The Kier molecular flexibility index (Phi) is 7.58. The van der Waals surface area contributed by atoms with Crippen molar-refractivity contribution in [2.75, 3.05) is 6.61 Å². The molecule has 0 saturated carbocycles. The summed E-state index contributed by atoms with van der Waals surface area (Å²) < 4.78 is 18.7. The van der Waals surface area contributed by atoms with Gasteiger partial charge in [-0.15, -0.1) is 0 Å². The number of ether oxygens (including phenoxy) is 1. The number of Topliss-reactive ketones (excluding diaryl/α,β-unsaturated/α-hetero) is 1. The highest BCUT2D eigenvalue weighted by atomic mass is 35.5. The zero-order valence-electron chi connectivity index (χ0n) is 17.3. The number of phenols is 1. The molecule has 0 aromatic heterocycles. The van der Waals surface area contributed by atoms with Crippen LogP contribution in [-0.2, 0) is 11.2 Å². The number of rotatable bonds is 8. The summed E-state index contributed by atoms with van der Waals surface area (Å²) in [7, 11) is 0. The molecule has 3 aromatic rings. The van der Waals surface area contributed by atoms with Gasteiger partial charge in [0.1, 0.15) is 23.9 Å². The molecule has 162 valence electrons. The molecule has 0 aliphatic carbocycles. The molecule has 3 aromatic carbocycles. The van der Waals surface area contributed by atoms with Crippen LogP contribution in [-0.4, -0.2) is 17.5 Å². The number of hydrogen-bond acceptors (Lipinski definition) is 3. The molecule has 0 aliphatic rings. The number of carbonyl (C=O) groups is 1. The minimum absolute atomic E-state index is 0.0465. The van der Waals surface area contributed by atoms with Crippen LogP contribution in [0.4, 0.5) is 4.39 Å². The topological polar surface area (TPSA) is 46.5 Å². The Morgan fingerprint density at radius 1 is 1.06 bits per heavy atom. The summed E-state index contributed by atoms with van der Waals surface area (Å²) in [5.74, 6) is 0.151. The predicted octanol–water partition coefficient (Wildman–Crippen LogP) is 6.94. The van der Waals surface area contributed by atoms with Crippen molar-refractivity contribution in [3.8, 4) is 11.5 Å². The second-order valence-corrected chi connectivity index (χ2v) is 8.25. The van der Waals surface area contributed by atoms with E-state index in [4.69, 9.17) is 27.9 Å². The Bertz CT molecular complexity index is 1060. The van der Waals surface area contributed by atoms with Gasteiger partial charge in [-0.2, -0.15) is 0 Å². The number of ketones is 1. The second kappa shape index (κ2) is 10.2. The highest BCUT2D eigenvalue weighted by Crippen LogP contribution is 2.37. The lowest BCUT2D eigenvalue weighted by Crippen LogP contribution is -2.07. The smallest absolute Gasteiger partial charge is 0.167 e. The van der Waals surface area contributed by atoms with Crippen LogP contribution in [0.15, 0.2) is 54.6 Å². The maximum absolute atomic E-state index is 13.3. The standard InChI is InChI=1S/C25H23Cl2FO3/c1-3-20(17-5-7-18(28)8-6-17)21-10-16(4-9-25(21)30)11-22-23(26)12-19(13-24(22)27)31-14-15(2)29/h4-10,12-13,20,30H,3,11,14H2,1-2H3. The summed E-state index contributed by atoms with van der Waals surface area (Å²) >= 11 is 12.9. The lowest BCUT2D eigenvalue weighted by atomic mass is 9.87. The number of carbonyl (C=O) groups excluding carboxylic acids is 1. The van der Waals surface area contributed by atoms with E-state index in [1.807, 2.05) is 19.1 Å². The number of hydrogen-bond donors (Lipinski definition) is 1. The molecule has 1 atom stereocenters. The Morgan fingerprint density at radius 2 is 1.71 bits per heavy atom. The molecule has 31 heavy (non-hydrogen) atoms. The normalized spacial score (nSPS) is 11.9. The molecule has 0 bridgehead atoms. The maximum atomic E-state index is 13.3. The van der Waals surface area contributed by atoms with E-state index >= 15 is 0 Å². The zero-order valence-corrected chi connectivity index (χ0v) is 18.8. The van der Waals surface area contributed by atoms with E-state index in [2.05, 4.69) is 0 Å². The van der Waals surface area contributed by atoms with Crippen molar-refractivity contribution in [1.82, 2.24) is 0 Å². The molecule has 0 spiro atoms. The van der Waals surface area contributed by atoms with Crippen molar-refractivity contribution in [3.05, 3.63) is 92.7 Å². The first-order chi connectivity index (χ1) is 14.8. The van der Waals surface area contributed by atoms with E-state index in [1.54, 1.807) is 30.3 Å². The molecular formula is C25H23Cl2FO3. The molecule has 0 saturated heterocycles. The first-order valence-corrected chi connectivity index (χ1v) is 10.7. The number of aromatic hydroxyl groups is 1. The number of phenolic OH excluding ortho intramolecular Hbond substituents is 1. The third-order valence-corrected chi connectivity index (χ3v) is 5.76. The summed E-state index contributed by atoms with van der Waals surface area (Å²) in [5, 5.41) is 11.4. The minimum Gasteiger partial charge on any atom is -0.508 e. The largest absolute Gasteiger partial charge is 0.508 e. The van der Waals surface area contributed by atoms with E-state index in [0.717, 1.165) is 28.7 Å². The van der Waals surface area contributed by atoms with Crippen LogP contribution >= 0.6 is 23.2 Å². The van der Waals surface area contributed by atoms with Crippen LogP contribution < -0.4 is 4.74 Å². The summed E-state index contributed by atoms with van der Waals surface area (Å²) in [6.45, 7) is 3.41. The van der Waals surface area contributed by atoms with Gasteiger partial charge in [0.2, 0.25) is 0 Å². The van der Waals surface area contributed by atoms with E-state index in [9.17, 15) is 14.3 Å². The Hall–Kier alpha value is -2.56. The predicted molar refractivity (Wildman–Crippen MR) is 122 cm³/mol. The maximum Gasteiger partial charge on any atom is 0.167 e. The third-order valence-electron chi connectivity index (χ3n) is 5.09.